The molecule has 0 amide bonds. The van der Waals surface area contributed by atoms with E-state index in [1.165, 1.54) is 20.3 Å². The van der Waals surface area contributed by atoms with E-state index in [-0.39, 0.29) is 18.0 Å². The van der Waals surface area contributed by atoms with Crippen molar-refractivity contribution in [3.8, 4) is 11.5 Å². The predicted molar refractivity (Wildman–Crippen MR) is 148 cm³/mol. The SMILES string of the molecule is C=Nc1nc(N(Cc2nc3c([nH]2)CNCC3)c2cc(OC)cc(OC)c2F)ccc1N=CCc1cnn(C)c1. The van der Waals surface area contributed by atoms with Crippen LogP contribution >= 0.6 is 0 Å². The first-order chi connectivity index (χ1) is 19.0. The average Bonchev–Trinajstić information content (AvgIpc) is 3.57. The lowest BCUT2D eigenvalue weighted by molar-refractivity contribution is 0.374. The number of anilines is 2. The number of fused-ring (bicyclic) bond motifs is 1. The van der Waals surface area contributed by atoms with Gasteiger partial charge in [-0.25, -0.2) is 19.4 Å². The van der Waals surface area contributed by atoms with Crippen LogP contribution in [0.3, 0.4) is 0 Å². The Morgan fingerprint density at radius 1 is 1.23 bits per heavy atom. The molecule has 11 nitrogen and oxygen atoms in total. The quantitative estimate of drug-likeness (QED) is 0.298. The van der Waals surface area contributed by atoms with Crippen molar-refractivity contribution in [2.24, 2.45) is 17.0 Å². The zero-order valence-corrected chi connectivity index (χ0v) is 22.1. The fourth-order valence-corrected chi connectivity index (χ4v) is 4.44. The Balaban J connectivity index is 1.53. The highest BCUT2D eigenvalue weighted by Gasteiger charge is 2.24. The van der Waals surface area contributed by atoms with Crippen LogP contribution in [-0.2, 0) is 33.0 Å². The second-order valence-electron chi connectivity index (χ2n) is 8.99. The lowest BCUT2D eigenvalue weighted by atomic mass is 10.2. The molecule has 0 unspecified atom stereocenters. The van der Waals surface area contributed by atoms with E-state index in [0.29, 0.717) is 41.9 Å². The number of benzene rings is 1. The van der Waals surface area contributed by atoms with Gasteiger partial charge in [-0.3, -0.25) is 9.67 Å². The Bertz CT molecular complexity index is 1490. The number of nitrogens with zero attached hydrogens (tertiary/aromatic N) is 7. The first-order valence-electron chi connectivity index (χ1n) is 12.4. The molecule has 0 saturated heterocycles. The molecule has 1 aliphatic heterocycles. The first-order valence-corrected chi connectivity index (χ1v) is 12.4. The molecule has 0 saturated carbocycles. The van der Waals surface area contributed by atoms with Gasteiger partial charge in [0.2, 0.25) is 0 Å². The molecular formula is C27H30FN9O2. The summed E-state index contributed by atoms with van der Waals surface area (Å²) < 4.78 is 28.1. The van der Waals surface area contributed by atoms with Crippen molar-refractivity contribution < 1.29 is 13.9 Å². The number of hydrogen-bond donors (Lipinski definition) is 2. The molecule has 202 valence electrons. The molecule has 0 bridgehead atoms. The summed E-state index contributed by atoms with van der Waals surface area (Å²) in [7, 11) is 4.80. The lowest BCUT2D eigenvalue weighted by Crippen LogP contribution is -2.23. The molecule has 3 aromatic heterocycles. The van der Waals surface area contributed by atoms with E-state index >= 15 is 4.39 Å². The molecule has 1 aromatic carbocycles. The van der Waals surface area contributed by atoms with Crippen molar-refractivity contribution in [3.63, 3.8) is 0 Å². The van der Waals surface area contributed by atoms with Gasteiger partial charge in [0, 0.05) is 57.5 Å². The van der Waals surface area contributed by atoms with Gasteiger partial charge in [0.25, 0.3) is 0 Å². The van der Waals surface area contributed by atoms with E-state index in [2.05, 4.69) is 32.1 Å². The Kier molecular flexibility index (Phi) is 7.64. The summed E-state index contributed by atoms with van der Waals surface area (Å²) in [5.74, 6) is 1.37. The number of aromatic amines is 1. The number of aliphatic imine (C=N–C) groups is 2. The number of nitrogens with one attached hydrogen (secondary N) is 2. The van der Waals surface area contributed by atoms with Gasteiger partial charge in [0.1, 0.15) is 23.1 Å². The zero-order valence-electron chi connectivity index (χ0n) is 22.1. The van der Waals surface area contributed by atoms with Crippen LogP contribution in [0.25, 0.3) is 0 Å². The van der Waals surface area contributed by atoms with Crippen molar-refractivity contribution in [3.05, 3.63) is 65.3 Å². The van der Waals surface area contributed by atoms with Gasteiger partial charge in [0.15, 0.2) is 17.4 Å². The van der Waals surface area contributed by atoms with Crippen LogP contribution < -0.4 is 19.7 Å². The summed E-state index contributed by atoms with van der Waals surface area (Å²) in [5.41, 5.74) is 3.82. The van der Waals surface area contributed by atoms with Crippen molar-refractivity contribution in [2.45, 2.75) is 25.9 Å². The molecule has 0 fully saturated rings. The van der Waals surface area contributed by atoms with Crippen LogP contribution in [0.15, 0.2) is 46.6 Å². The molecule has 12 heteroatoms. The lowest BCUT2D eigenvalue weighted by Gasteiger charge is -2.25. The standard InChI is InChI=1S/C27H30FN9O2/c1-29-27-20(31-10-7-17-13-32-36(2)15-17)5-6-25(35-27)37(16-24-33-19-8-9-30-14-21(19)34-24)22-11-18(38-3)12-23(39-4)26(22)28/h5-6,10-13,15,30H,1,7-9,14,16H2,2-4H3,(H,33,34). The van der Waals surface area contributed by atoms with E-state index in [1.807, 2.05) is 13.2 Å². The Hall–Kier alpha value is -4.58. The van der Waals surface area contributed by atoms with Crippen molar-refractivity contribution in [2.75, 3.05) is 25.7 Å². The maximum Gasteiger partial charge on any atom is 0.188 e. The van der Waals surface area contributed by atoms with Crippen LogP contribution in [0.2, 0.25) is 0 Å². The van der Waals surface area contributed by atoms with Crippen LogP contribution in [0, 0.1) is 5.82 Å². The molecular weight excluding hydrogens is 501 g/mol. The Morgan fingerprint density at radius 2 is 2.10 bits per heavy atom. The van der Waals surface area contributed by atoms with Gasteiger partial charge < -0.3 is 24.7 Å². The Morgan fingerprint density at radius 3 is 2.82 bits per heavy atom. The summed E-state index contributed by atoms with van der Waals surface area (Å²) in [4.78, 5) is 23.2. The van der Waals surface area contributed by atoms with Gasteiger partial charge in [-0.2, -0.15) is 5.10 Å². The fraction of sp³-hybridized carbons (Fsp3) is 0.296. The smallest absolute Gasteiger partial charge is 0.188 e. The second kappa shape index (κ2) is 11.4. The zero-order chi connectivity index (χ0) is 27.4. The molecule has 4 heterocycles. The number of pyridine rings is 1. The summed E-state index contributed by atoms with van der Waals surface area (Å²) >= 11 is 0. The molecule has 0 radical (unpaired) electrons. The average molecular weight is 532 g/mol. The maximum absolute atomic E-state index is 15.7. The molecule has 5 rings (SSSR count). The number of rotatable bonds is 10. The third-order valence-corrected chi connectivity index (χ3v) is 6.38. The fourth-order valence-electron chi connectivity index (χ4n) is 4.44. The van der Waals surface area contributed by atoms with Crippen molar-refractivity contribution in [1.29, 1.82) is 0 Å². The third kappa shape index (κ3) is 5.65. The number of aromatic nitrogens is 5. The van der Waals surface area contributed by atoms with Crippen LogP contribution in [-0.4, -0.2) is 58.4 Å². The molecule has 0 aliphatic carbocycles. The minimum Gasteiger partial charge on any atom is -0.497 e. The minimum atomic E-state index is -0.551. The van der Waals surface area contributed by atoms with E-state index in [4.69, 9.17) is 19.4 Å². The Labute approximate surface area is 225 Å². The first kappa shape index (κ1) is 26.0. The second-order valence-corrected chi connectivity index (χ2v) is 8.99. The molecule has 2 N–H and O–H groups in total. The maximum atomic E-state index is 15.7. The monoisotopic (exact) mass is 531 g/mol. The number of ether oxygens (including phenoxy) is 2. The number of aryl methyl sites for hydroxylation is 1. The summed E-state index contributed by atoms with van der Waals surface area (Å²) in [5, 5.41) is 7.50. The van der Waals surface area contributed by atoms with Crippen LogP contribution in [0.1, 0.15) is 22.8 Å². The van der Waals surface area contributed by atoms with Gasteiger partial charge >= 0.3 is 0 Å². The van der Waals surface area contributed by atoms with E-state index in [9.17, 15) is 0 Å². The van der Waals surface area contributed by atoms with E-state index in [0.717, 1.165) is 29.9 Å². The molecule has 4 aromatic rings. The molecule has 1 aliphatic rings. The number of imidazole rings is 1. The number of halogens is 1. The summed E-state index contributed by atoms with van der Waals surface area (Å²) in [6.07, 6.45) is 6.91. The highest BCUT2D eigenvalue weighted by atomic mass is 19.1. The molecule has 39 heavy (non-hydrogen) atoms. The van der Waals surface area contributed by atoms with Crippen LogP contribution in [0.4, 0.5) is 27.4 Å². The number of methoxy groups -OCH3 is 2. The molecule has 0 atom stereocenters. The van der Waals surface area contributed by atoms with E-state index < -0.39 is 5.82 Å². The largest absolute Gasteiger partial charge is 0.497 e. The van der Waals surface area contributed by atoms with Gasteiger partial charge in [-0.1, -0.05) is 0 Å². The number of hydrogen-bond acceptors (Lipinski definition) is 9. The van der Waals surface area contributed by atoms with Gasteiger partial charge in [0.05, 0.1) is 44.0 Å². The van der Waals surface area contributed by atoms with Crippen molar-refractivity contribution >= 4 is 35.9 Å². The third-order valence-electron chi connectivity index (χ3n) is 6.38. The summed E-state index contributed by atoms with van der Waals surface area (Å²) in [6.45, 7) is 5.46. The normalized spacial score (nSPS) is 12.9. The van der Waals surface area contributed by atoms with Gasteiger partial charge in [-0.05, 0) is 24.4 Å². The minimum absolute atomic E-state index is 0.0518. The number of H-pyrrole nitrogens is 1. The predicted octanol–water partition coefficient (Wildman–Crippen LogP) is 3.96. The van der Waals surface area contributed by atoms with Crippen LogP contribution in [0.5, 0.6) is 11.5 Å². The molecule has 0 spiro atoms. The van der Waals surface area contributed by atoms with E-state index in [1.54, 1.807) is 40.2 Å². The highest BCUT2D eigenvalue weighted by Crippen LogP contribution is 2.38. The highest BCUT2D eigenvalue weighted by molar-refractivity contribution is 5.74. The topological polar surface area (TPSA) is 118 Å². The van der Waals surface area contributed by atoms with Gasteiger partial charge in [-0.15, -0.1) is 0 Å². The van der Waals surface area contributed by atoms with Crippen molar-refractivity contribution in [1.82, 2.24) is 30.0 Å². The summed E-state index contributed by atoms with van der Waals surface area (Å²) in [6, 6.07) is 6.65.